The zero-order valence-corrected chi connectivity index (χ0v) is 15.5. The smallest absolute Gasteiger partial charge is 0.355 e. The van der Waals surface area contributed by atoms with E-state index in [9.17, 15) is 25.5 Å². The SMILES string of the molecule is CC(C)NCCCOc1ccc(O[C@]2(O)O[C@H](CO)[C@@H](O)[C@H](O)[C@@H]2O)cc1. The summed E-state index contributed by atoms with van der Waals surface area (Å²) in [5.74, 6) is -1.87. The average molecular weight is 387 g/mol. The van der Waals surface area contributed by atoms with E-state index in [1.54, 1.807) is 12.1 Å². The van der Waals surface area contributed by atoms with Crippen LogP contribution in [-0.4, -0.2) is 81.7 Å². The second kappa shape index (κ2) is 9.65. The van der Waals surface area contributed by atoms with Crippen molar-refractivity contribution in [3.05, 3.63) is 24.3 Å². The molecule has 1 aromatic rings. The predicted molar refractivity (Wildman–Crippen MR) is 95.2 cm³/mol. The molecule has 0 bridgehead atoms. The third-order valence-corrected chi connectivity index (χ3v) is 4.16. The summed E-state index contributed by atoms with van der Waals surface area (Å²) in [6.45, 7) is 4.86. The van der Waals surface area contributed by atoms with Gasteiger partial charge < -0.3 is 45.1 Å². The minimum Gasteiger partial charge on any atom is -0.494 e. The van der Waals surface area contributed by atoms with Crippen molar-refractivity contribution in [1.82, 2.24) is 5.32 Å². The van der Waals surface area contributed by atoms with Crippen molar-refractivity contribution in [2.45, 2.75) is 56.7 Å². The molecule has 9 nitrogen and oxygen atoms in total. The zero-order valence-electron chi connectivity index (χ0n) is 15.5. The van der Waals surface area contributed by atoms with Crippen LogP contribution in [0, 0.1) is 0 Å². The molecule has 6 N–H and O–H groups in total. The van der Waals surface area contributed by atoms with Crippen molar-refractivity contribution >= 4 is 0 Å². The van der Waals surface area contributed by atoms with E-state index in [2.05, 4.69) is 19.2 Å². The highest BCUT2D eigenvalue weighted by Crippen LogP contribution is 2.31. The number of hydrogen-bond acceptors (Lipinski definition) is 9. The van der Waals surface area contributed by atoms with Gasteiger partial charge in [0, 0.05) is 6.04 Å². The summed E-state index contributed by atoms with van der Waals surface area (Å²) in [4.78, 5) is 0. The van der Waals surface area contributed by atoms with Gasteiger partial charge >= 0.3 is 5.97 Å². The van der Waals surface area contributed by atoms with E-state index in [-0.39, 0.29) is 5.75 Å². The maximum absolute atomic E-state index is 10.4. The van der Waals surface area contributed by atoms with Crippen LogP contribution in [0.2, 0.25) is 0 Å². The molecule has 27 heavy (non-hydrogen) atoms. The van der Waals surface area contributed by atoms with E-state index in [0.717, 1.165) is 13.0 Å². The number of nitrogens with one attached hydrogen (secondary N) is 1. The van der Waals surface area contributed by atoms with Gasteiger partial charge in [0.05, 0.1) is 13.2 Å². The summed E-state index contributed by atoms with van der Waals surface area (Å²) < 4.78 is 15.9. The number of hydrogen-bond donors (Lipinski definition) is 6. The first-order valence-electron chi connectivity index (χ1n) is 8.97. The first kappa shape index (κ1) is 21.8. The number of aliphatic hydroxyl groups excluding tert-OH is 4. The van der Waals surface area contributed by atoms with E-state index < -0.39 is 37.0 Å². The van der Waals surface area contributed by atoms with Crippen LogP contribution < -0.4 is 14.8 Å². The first-order valence-corrected chi connectivity index (χ1v) is 8.97. The normalized spacial score (nSPS) is 31.1. The monoisotopic (exact) mass is 387 g/mol. The van der Waals surface area contributed by atoms with Crippen LogP contribution in [0.25, 0.3) is 0 Å². The lowest BCUT2D eigenvalue weighted by Gasteiger charge is -2.44. The summed E-state index contributed by atoms with van der Waals surface area (Å²) >= 11 is 0. The Morgan fingerprint density at radius 1 is 1.11 bits per heavy atom. The quantitative estimate of drug-likeness (QED) is 0.231. The van der Waals surface area contributed by atoms with Crippen molar-refractivity contribution in [3.63, 3.8) is 0 Å². The van der Waals surface area contributed by atoms with Crippen LogP contribution in [0.5, 0.6) is 11.5 Å². The fourth-order valence-electron chi connectivity index (χ4n) is 2.63. The zero-order chi connectivity index (χ0) is 20.0. The van der Waals surface area contributed by atoms with Crippen LogP contribution in [-0.2, 0) is 4.74 Å². The Morgan fingerprint density at radius 2 is 1.74 bits per heavy atom. The molecule has 0 aromatic heterocycles. The summed E-state index contributed by atoms with van der Waals surface area (Å²) in [6.07, 6.45) is -5.70. The second-order valence-electron chi connectivity index (χ2n) is 6.78. The Morgan fingerprint density at radius 3 is 2.33 bits per heavy atom. The van der Waals surface area contributed by atoms with Gasteiger partial charge in [-0.05, 0) is 37.2 Å². The summed E-state index contributed by atoms with van der Waals surface area (Å²) in [7, 11) is 0. The molecule has 154 valence electrons. The van der Waals surface area contributed by atoms with E-state index in [0.29, 0.717) is 18.4 Å². The Kier molecular flexibility index (Phi) is 7.80. The lowest BCUT2D eigenvalue weighted by molar-refractivity contribution is -0.422. The Hall–Kier alpha value is -1.46. The molecule has 1 fully saturated rings. The van der Waals surface area contributed by atoms with E-state index in [1.807, 2.05) is 0 Å². The van der Waals surface area contributed by atoms with Crippen molar-refractivity contribution < 1.29 is 39.7 Å². The predicted octanol–water partition coefficient (Wildman–Crippen LogP) is -1.05. The molecule has 0 saturated carbocycles. The van der Waals surface area contributed by atoms with Gasteiger partial charge in [0.15, 0.2) is 6.10 Å². The molecule has 0 unspecified atom stereocenters. The van der Waals surface area contributed by atoms with Crippen molar-refractivity contribution in [2.24, 2.45) is 0 Å². The van der Waals surface area contributed by atoms with Crippen molar-refractivity contribution in [3.8, 4) is 11.5 Å². The lowest BCUT2D eigenvalue weighted by Crippen LogP contribution is -2.67. The van der Waals surface area contributed by atoms with Crippen LogP contribution in [0.1, 0.15) is 20.3 Å². The minimum atomic E-state index is -2.61. The molecular weight excluding hydrogens is 358 g/mol. The maximum Gasteiger partial charge on any atom is 0.355 e. The topological polar surface area (TPSA) is 141 Å². The Labute approximate surface area is 158 Å². The van der Waals surface area contributed by atoms with Gasteiger partial charge in [-0.1, -0.05) is 13.8 Å². The van der Waals surface area contributed by atoms with Gasteiger partial charge in [-0.2, -0.15) is 0 Å². The average Bonchev–Trinajstić information content (AvgIpc) is 2.64. The van der Waals surface area contributed by atoms with Gasteiger partial charge in [0.25, 0.3) is 0 Å². The lowest BCUT2D eigenvalue weighted by atomic mass is 9.98. The highest BCUT2D eigenvalue weighted by atomic mass is 16.8. The van der Waals surface area contributed by atoms with Crippen LogP contribution >= 0.6 is 0 Å². The molecule has 5 atom stereocenters. The number of rotatable bonds is 9. The van der Waals surface area contributed by atoms with Gasteiger partial charge in [0.2, 0.25) is 0 Å². The third kappa shape index (κ3) is 5.76. The van der Waals surface area contributed by atoms with Gasteiger partial charge in [-0.15, -0.1) is 0 Å². The summed E-state index contributed by atoms with van der Waals surface area (Å²) in [6, 6.07) is 6.67. The molecule has 1 aliphatic rings. The van der Waals surface area contributed by atoms with Crippen LogP contribution in [0.3, 0.4) is 0 Å². The highest BCUT2D eigenvalue weighted by molar-refractivity contribution is 5.31. The standard InChI is InChI=1S/C18H29NO8/c1-11(2)19-8-3-9-25-12-4-6-13(7-5-12)26-18(24)17(23)16(22)15(21)14(10-20)27-18/h4-7,11,14-17,19-24H,3,8-10H2,1-2H3/t14-,15-,16+,17+,18+/m1/s1. The first-order chi connectivity index (χ1) is 12.8. The number of benzene rings is 1. The van der Waals surface area contributed by atoms with Crippen LogP contribution in [0.15, 0.2) is 24.3 Å². The molecule has 1 saturated heterocycles. The fraction of sp³-hybridized carbons (Fsp3) is 0.667. The molecule has 0 spiro atoms. The summed E-state index contributed by atoms with van der Waals surface area (Å²) in [5.41, 5.74) is 0. The molecule has 1 heterocycles. The fourth-order valence-corrected chi connectivity index (χ4v) is 2.63. The molecule has 2 rings (SSSR count). The van der Waals surface area contributed by atoms with Crippen molar-refractivity contribution in [2.75, 3.05) is 19.8 Å². The second-order valence-corrected chi connectivity index (χ2v) is 6.78. The van der Waals surface area contributed by atoms with Crippen molar-refractivity contribution in [1.29, 1.82) is 0 Å². The molecule has 1 aliphatic heterocycles. The van der Waals surface area contributed by atoms with Gasteiger partial charge in [-0.3, -0.25) is 0 Å². The van der Waals surface area contributed by atoms with E-state index in [4.69, 9.17) is 14.2 Å². The number of ether oxygens (including phenoxy) is 3. The molecule has 0 amide bonds. The third-order valence-electron chi connectivity index (χ3n) is 4.16. The molecular formula is C18H29NO8. The van der Waals surface area contributed by atoms with E-state index >= 15 is 0 Å². The maximum atomic E-state index is 10.4. The Bertz CT molecular complexity index is 567. The summed E-state index contributed by atoms with van der Waals surface area (Å²) in [5, 5.41) is 52.4. The van der Waals surface area contributed by atoms with Gasteiger partial charge in [-0.25, -0.2) is 0 Å². The highest BCUT2D eigenvalue weighted by Gasteiger charge is 2.55. The minimum absolute atomic E-state index is 0.144. The van der Waals surface area contributed by atoms with E-state index in [1.165, 1.54) is 12.1 Å². The number of aliphatic hydroxyl groups is 5. The molecule has 0 radical (unpaired) electrons. The Balaban J connectivity index is 1.91. The largest absolute Gasteiger partial charge is 0.494 e. The molecule has 1 aromatic carbocycles. The molecule has 0 aliphatic carbocycles. The van der Waals surface area contributed by atoms with Gasteiger partial charge in [0.1, 0.15) is 29.8 Å². The van der Waals surface area contributed by atoms with Crippen LogP contribution in [0.4, 0.5) is 0 Å². The molecule has 9 heteroatoms.